The number of hydrogen-bond acceptors (Lipinski definition) is 1. The highest BCUT2D eigenvalue weighted by molar-refractivity contribution is 9.09. The first-order valence-corrected chi connectivity index (χ1v) is 6.26. The Labute approximate surface area is 104 Å². The minimum atomic E-state index is -0.457. The van der Waals surface area contributed by atoms with Crippen LogP contribution in [0.5, 0.6) is 0 Å². The Morgan fingerprint density at radius 2 is 2.19 bits per heavy atom. The second kappa shape index (κ2) is 5.99. The van der Waals surface area contributed by atoms with Crippen LogP contribution in [0.1, 0.15) is 22.3 Å². The third kappa shape index (κ3) is 3.30. The van der Waals surface area contributed by atoms with Gasteiger partial charge in [-0.05, 0) is 25.5 Å². The predicted octanol–water partition coefficient (Wildman–Crippen LogP) is 2.99. The number of nitrogens with zero attached hydrogens (tertiary/aromatic N) is 1. The number of hydrogen-bond donors (Lipinski definition) is 0. The van der Waals surface area contributed by atoms with E-state index in [9.17, 15) is 9.18 Å². The van der Waals surface area contributed by atoms with Crippen molar-refractivity contribution < 1.29 is 9.18 Å². The lowest BCUT2D eigenvalue weighted by Gasteiger charge is -2.17. The molecule has 0 saturated heterocycles. The summed E-state index contributed by atoms with van der Waals surface area (Å²) in [4.78, 5) is 13.4. The molecule has 0 aliphatic carbocycles. The fraction of sp³-hybridized carbons (Fsp3) is 0.417. The number of alkyl halides is 1. The van der Waals surface area contributed by atoms with Crippen LogP contribution in [0.2, 0.25) is 0 Å². The summed E-state index contributed by atoms with van der Waals surface area (Å²) in [5, 5.41) is 0.834. The number of amides is 1. The van der Waals surface area contributed by atoms with Crippen LogP contribution in [0.4, 0.5) is 4.39 Å². The van der Waals surface area contributed by atoms with Crippen molar-refractivity contribution in [3.8, 4) is 0 Å². The molecule has 16 heavy (non-hydrogen) atoms. The quantitative estimate of drug-likeness (QED) is 0.780. The van der Waals surface area contributed by atoms with E-state index in [-0.39, 0.29) is 11.5 Å². The Balaban J connectivity index is 2.83. The second-order valence-corrected chi connectivity index (χ2v) is 4.55. The van der Waals surface area contributed by atoms with E-state index >= 15 is 0 Å². The lowest BCUT2D eigenvalue weighted by Crippen LogP contribution is -2.28. The van der Waals surface area contributed by atoms with Crippen molar-refractivity contribution in [2.75, 3.05) is 18.9 Å². The molecule has 1 rings (SSSR count). The standard InChI is InChI=1S/C12H15BrFNO/c1-9-4-5-11(14)10(8-9)12(16)15(2)7-3-6-13/h4-5,8H,3,6-7H2,1-2H3. The molecule has 1 aromatic rings. The molecule has 88 valence electrons. The van der Waals surface area contributed by atoms with E-state index in [2.05, 4.69) is 15.9 Å². The summed E-state index contributed by atoms with van der Waals surface area (Å²) in [6.45, 7) is 2.46. The zero-order valence-electron chi connectivity index (χ0n) is 9.46. The SMILES string of the molecule is Cc1ccc(F)c(C(=O)N(C)CCCBr)c1. The maximum Gasteiger partial charge on any atom is 0.256 e. The fourth-order valence-electron chi connectivity index (χ4n) is 1.41. The minimum Gasteiger partial charge on any atom is -0.342 e. The van der Waals surface area contributed by atoms with E-state index in [4.69, 9.17) is 0 Å². The molecule has 0 atom stereocenters. The van der Waals surface area contributed by atoms with Crippen LogP contribution in [0.25, 0.3) is 0 Å². The predicted molar refractivity (Wildman–Crippen MR) is 66.5 cm³/mol. The average Bonchev–Trinajstić information content (AvgIpc) is 2.28. The molecule has 4 heteroatoms. The topological polar surface area (TPSA) is 20.3 Å². The smallest absolute Gasteiger partial charge is 0.256 e. The Morgan fingerprint density at radius 1 is 1.50 bits per heavy atom. The molecule has 0 aromatic heterocycles. The van der Waals surface area contributed by atoms with Gasteiger partial charge in [0.25, 0.3) is 5.91 Å². The van der Waals surface area contributed by atoms with Gasteiger partial charge in [0.1, 0.15) is 5.82 Å². The number of carbonyl (C=O) groups excluding carboxylic acids is 1. The second-order valence-electron chi connectivity index (χ2n) is 3.75. The molecule has 0 spiro atoms. The molecule has 0 radical (unpaired) electrons. The molecule has 0 N–H and O–H groups in total. The summed E-state index contributed by atoms with van der Waals surface area (Å²) in [5.74, 6) is -0.719. The van der Waals surface area contributed by atoms with Crippen LogP contribution >= 0.6 is 15.9 Å². The van der Waals surface area contributed by atoms with Crippen LogP contribution in [-0.2, 0) is 0 Å². The van der Waals surface area contributed by atoms with Crippen molar-refractivity contribution >= 4 is 21.8 Å². The van der Waals surface area contributed by atoms with Crippen molar-refractivity contribution in [1.82, 2.24) is 4.90 Å². The van der Waals surface area contributed by atoms with Gasteiger partial charge in [-0.3, -0.25) is 4.79 Å². The molecule has 1 amide bonds. The molecule has 0 aliphatic heterocycles. The van der Waals surface area contributed by atoms with Crippen LogP contribution in [-0.4, -0.2) is 29.7 Å². The molecule has 0 unspecified atom stereocenters. The zero-order chi connectivity index (χ0) is 12.1. The lowest BCUT2D eigenvalue weighted by molar-refractivity contribution is 0.0791. The molecule has 1 aromatic carbocycles. The van der Waals surface area contributed by atoms with E-state index in [0.29, 0.717) is 6.54 Å². The van der Waals surface area contributed by atoms with Gasteiger partial charge < -0.3 is 4.90 Å². The summed E-state index contributed by atoms with van der Waals surface area (Å²) in [6, 6.07) is 4.58. The molecule has 0 saturated carbocycles. The van der Waals surface area contributed by atoms with Gasteiger partial charge in [-0.15, -0.1) is 0 Å². The van der Waals surface area contributed by atoms with E-state index in [1.54, 1.807) is 24.1 Å². The zero-order valence-corrected chi connectivity index (χ0v) is 11.1. The Hall–Kier alpha value is -0.900. The molecule has 0 aliphatic rings. The highest BCUT2D eigenvalue weighted by Gasteiger charge is 2.15. The Kier molecular flexibility index (Phi) is 4.93. The normalized spacial score (nSPS) is 10.2. The van der Waals surface area contributed by atoms with E-state index in [1.807, 2.05) is 6.92 Å². The minimum absolute atomic E-state index is 0.150. The van der Waals surface area contributed by atoms with Gasteiger partial charge in [0, 0.05) is 18.9 Å². The van der Waals surface area contributed by atoms with Crippen molar-refractivity contribution in [3.05, 3.63) is 35.1 Å². The van der Waals surface area contributed by atoms with Gasteiger partial charge in [-0.2, -0.15) is 0 Å². The van der Waals surface area contributed by atoms with E-state index < -0.39 is 5.82 Å². The van der Waals surface area contributed by atoms with E-state index in [0.717, 1.165) is 17.3 Å². The summed E-state index contributed by atoms with van der Waals surface area (Å²) < 4.78 is 13.4. The van der Waals surface area contributed by atoms with Crippen molar-refractivity contribution in [1.29, 1.82) is 0 Å². The van der Waals surface area contributed by atoms with Gasteiger partial charge in [-0.1, -0.05) is 27.6 Å². The van der Waals surface area contributed by atoms with Gasteiger partial charge in [0.2, 0.25) is 0 Å². The molecular weight excluding hydrogens is 273 g/mol. The Bertz CT molecular complexity index is 381. The summed E-state index contributed by atoms with van der Waals surface area (Å²) in [5.41, 5.74) is 1.04. The number of rotatable bonds is 4. The van der Waals surface area contributed by atoms with Crippen molar-refractivity contribution in [2.24, 2.45) is 0 Å². The molecule has 0 bridgehead atoms. The maximum absolute atomic E-state index is 13.4. The molecular formula is C12H15BrFNO. The van der Waals surface area contributed by atoms with Gasteiger partial charge in [0.15, 0.2) is 0 Å². The number of benzene rings is 1. The Morgan fingerprint density at radius 3 is 2.81 bits per heavy atom. The highest BCUT2D eigenvalue weighted by Crippen LogP contribution is 2.12. The van der Waals surface area contributed by atoms with Gasteiger partial charge >= 0.3 is 0 Å². The largest absolute Gasteiger partial charge is 0.342 e. The van der Waals surface area contributed by atoms with E-state index in [1.165, 1.54) is 6.07 Å². The number of carbonyl (C=O) groups is 1. The number of aryl methyl sites for hydroxylation is 1. The first kappa shape index (κ1) is 13.2. The van der Waals surface area contributed by atoms with Crippen molar-refractivity contribution in [2.45, 2.75) is 13.3 Å². The summed E-state index contributed by atoms with van der Waals surface area (Å²) in [6.07, 6.45) is 0.857. The fourth-order valence-corrected chi connectivity index (χ4v) is 1.66. The third-order valence-electron chi connectivity index (χ3n) is 2.33. The molecule has 0 fully saturated rings. The highest BCUT2D eigenvalue weighted by atomic mass is 79.9. The van der Waals surface area contributed by atoms with Crippen LogP contribution < -0.4 is 0 Å². The van der Waals surface area contributed by atoms with Crippen LogP contribution in [0, 0.1) is 12.7 Å². The first-order valence-electron chi connectivity index (χ1n) is 5.14. The van der Waals surface area contributed by atoms with Crippen LogP contribution in [0.3, 0.4) is 0 Å². The van der Waals surface area contributed by atoms with Gasteiger partial charge in [0.05, 0.1) is 5.56 Å². The van der Waals surface area contributed by atoms with Crippen LogP contribution in [0.15, 0.2) is 18.2 Å². The van der Waals surface area contributed by atoms with Gasteiger partial charge in [-0.25, -0.2) is 4.39 Å². The monoisotopic (exact) mass is 287 g/mol. The molecule has 2 nitrogen and oxygen atoms in total. The third-order valence-corrected chi connectivity index (χ3v) is 2.89. The van der Waals surface area contributed by atoms with Crippen molar-refractivity contribution in [3.63, 3.8) is 0 Å². The first-order chi connectivity index (χ1) is 7.56. The number of halogens is 2. The average molecular weight is 288 g/mol. The summed E-state index contributed by atoms with van der Waals surface area (Å²) >= 11 is 3.30. The maximum atomic E-state index is 13.4. The lowest BCUT2D eigenvalue weighted by atomic mass is 10.1. The summed E-state index contributed by atoms with van der Waals surface area (Å²) in [7, 11) is 1.69. The molecule has 0 heterocycles.